The topological polar surface area (TPSA) is 77.2 Å². The number of hydrogen-bond donors (Lipinski definition) is 1. The molecule has 1 amide bonds. The fourth-order valence-corrected chi connectivity index (χ4v) is 3.02. The van der Waals surface area contributed by atoms with Gasteiger partial charge in [0.1, 0.15) is 5.54 Å². The number of hydrogen-bond acceptors (Lipinski definition) is 5. The fourth-order valence-electron chi connectivity index (χ4n) is 3.02. The van der Waals surface area contributed by atoms with Gasteiger partial charge >= 0.3 is 0 Å². The van der Waals surface area contributed by atoms with E-state index >= 15 is 0 Å². The van der Waals surface area contributed by atoms with Crippen LogP contribution in [0.4, 0.5) is 4.39 Å². The predicted molar refractivity (Wildman–Crippen MR) is 83.8 cm³/mol. The summed E-state index contributed by atoms with van der Waals surface area (Å²) in [7, 11) is 0. The molecule has 0 aliphatic heterocycles. The van der Waals surface area contributed by atoms with Crippen molar-refractivity contribution in [2.24, 2.45) is 0 Å². The second-order valence-electron chi connectivity index (χ2n) is 6.00. The maximum Gasteiger partial charge on any atom is 0.224 e. The van der Waals surface area contributed by atoms with E-state index in [9.17, 15) is 9.18 Å². The minimum absolute atomic E-state index is 0.105. The molecule has 3 rings (SSSR count). The zero-order valence-electron chi connectivity index (χ0n) is 13.5. The molecule has 0 unspecified atom stereocenters. The monoisotopic (exact) mass is 333 g/mol. The number of carbonyl (C=O) groups is 1. The molecule has 0 atom stereocenters. The molecular formula is C17H20FN3O3. The lowest BCUT2D eigenvalue weighted by molar-refractivity contribution is -0.123. The number of para-hydroxylation sites is 1. The number of carbonyl (C=O) groups excluding carboxylic acids is 1. The number of halogens is 1. The van der Waals surface area contributed by atoms with E-state index in [0.717, 1.165) is 25.7 Å². The summed E-state index contributed by atoms with van der Waals surface area (Å²) in [5.41, 5.74) is -0.563. The number of aromatic nitrogens is 2. The lowest BCUT2D eigenvalue weighted by Gasteiger charge is -2.26. The number of nitrogens with zero attached hydrogens (tertiary/aromatic N) is 2. The molecule has 1 saturated carbocycles. The summed E-state index contributed by atoms with van der Waals surface area (Å²) in [6.45, 7) is 1.83. The quantitative estimate of drug-likeness (QED) is 0.879. The Bertz CT molecular complexity index is 711. The zero-order valence-corrected chi connectivity index (χ0v) is 13.5. The first-order valence-electron chi connectivity index (χ1n) is 8.08. The standard InChI is InChI=1S/C17H20FN3O3/c1-12-19-16(21-24-12)17(9-4-5-10-17)20-15(22)8-11-23-14-7-3-2-6-13(14)18/h2-3,6-7H,4-5,8-11H2,1H3,(H,20,22). The van der Waals surface area contributed by atoms with Gasteiger partial charge in [-0.05, 0) is 25.0 Å². The van der Waals surface area contributed by atoms with Crippen molar-refractivity contribution in [3.05, 3.63) is 41.8 Å². The smallest absolute Gasteiger partial charge is 0.224 e. The van der Waals surface area contributed by atoms with E-state index in [-0.39, 0.29) is 24.7 Å². The zero-order chi connectivity index (χ0) is 17.0. The van der Waals surface area contributed by atoms with E-state index in [2.05, 4.69) is 15.5 Å². The maximum absolute atomic E-state index is 13.5. The first-order chi connectivity index (χ1) is 11.6. The van der Waals surface area contributed by atoms with Crippen LogP contribution < -0.4 is 10.1 Å². The summed E-state index contributed by atoms with van der Waals surface area (Å²) in [4.78, 5) is 16.6. The number of rotatable bonds is 6. The molecule has 24 heavy (non-hydrogen) atoms. The molecule has 6 nitrogen and oxygen atoms in total. The van der Waals surface area contributed by atoms with Crippen LogP contribution in [0, 0.1) is 12.7 Å². The highest BCUT2D eigenvalue weighted by Crippen LogP contribution is 2.37. The van der Waals surface area contributed by atoms with Crippen LogP contribution in [-0.4, -0.2) is 22.7 Å². The van der Waals surface area contributed by atoms with Crippen molar-refractivity contribution in [1.29, 1.82) is 0 Å². The average Bonchev–Trinajstić information content (AvgIpc) is 3.19. The van der Waals surface area contributed by atoms with Crippen LogP contribution in [-0.2, 0) is 10.3 Å². The Morgan fingerprint density at radius 1 is 1.38 bits per heavy atom. The lowest BCUT2D eigenvalue weighted by atomic mass is 9.96. The molecule has 0 spiro atoms. The summed E-state index contributed by atoms with van der Waals surface area (Å²) in [5.74, 6) is 0.548. The molecule has 1 aliphatic carbocycles. The van der Waals surface area contributed by atoms with E-state index in [1.165, 1.54) is 12.1 Å². The average molecular weight is 333 g/mol. The van der Waals surface area contributed by atoms with Crippen LogP contribution in [0.15, 0.2) is 28.8 Å². The molecule has 2 aromatic rings. The second kappa shape index (κ2) is 6.98. The number of aryl methyl sites for hydroxylation is 1. The lowest BCUT2D eigenvalue weighted by Crippen LogP contribution is -2.45. The molecule has 1 N–H and O–H groups in total. The summed E-state index contributed by atoms with van der Waals surface area (Å²) in [5, 5.41) is 7.01. The first-order valence-corrected chi connectivity index (χ1v) is 8.08. The third kappa shape index (κ3) is 3.55. The Labute approximate surface area is 139 Å². The second-order valence-corrected chi connectivity index (χ2v) is 6.00. The molecule has 1 aromatic heterocycles. The van der Waals surface area contributed by atoms with Crippen molar-refractivity contribution in [1.82, 2.24) is 15.5 Å². The summed E-state index contributed by atoms with van der Waals surface area (Å²) >= 11 is 0. The predicted octanol–water partition coefficient (Wildman–Crippen LogP) is 2.87. The number of amides is 1. The molecule has 128 valence electrons. The van der Waals surface area contributed by atoms with Gasteiger partial charge in [-0.3, -0.25) is 4.79 Å². The molecule has 0 radical (unpaired) electrons. The van der Waals surface area contributed by atoms with Crippen molar-refractivity contribution in [2.45, 2.75) is 44.6 Å². The van der Waals surface area contributed by atoms with Crippen molar-refractivity contribution in [3.63, 3.8) is 0 Å². The molecule has 1 aromatic carbocycles. The molecule has 1 heterocycles. The Balaban J connectivity index is 1.58. The summed E-state index contributed by atoms with van der Waals surface area (Å²) < 4.78 is 23.9. The number of benzene rings is 1. The van der Waals surface area contributed by atoms with Crippen LogP contribution in [0.3, 0.4) is 0 Å². The van der Waals surface area contributed by atoms with Crippen LogP contribution in [0.5, 0.6) is 5.75 Å². The van der Waals surface area contributed by atoms with Crippen LogP contribution in [0.1, 0.15) is 43.8 Å². The highest BCUT2D eigenvalue weighted by molar-refractivity contribution is 5.77. The van der Waals surface area contributed by atoms with E-state index in [4.69, 9.17) is 9.26 Å². The molecule has 1 fully saturated rings. The summed E-state index contributed by atoms with van der Waals surface area (Å²) in [6.07, 6.45) is 3.70. The van der Waals surface area contributed by atoms with Gasteiger partial charge < -0.3 is 14.6 Å². The van der Waals surface area contributed by atoms with Gasteiger partial charge in [-0.1, -0.05) is 30.1 Å². The molecule has 0 saturated heterocycles. The number of ether oxygens (including phenoxy) is 1. The minimum Gasteiger partial charge on any atom is -0.490 e. The SMILES string of the molecule is Cc1nc(C2(NC(=O)CCOc3ccccc3F)CCCC2)no1. The third-order valence-corrected chi connectivity index (χ3v) is 4.21. The van der Waals surface area contributed by atoms with Gasteiger partial charge in [-0.25, -0.2) is 4.39 Å². The van der Waals surface area contributed by atoms with E-state index in [1.54, 1.807) is 19.1 Å². The van der Waals surface area contributed by atoms with Crippen LogP contribution >= 0.6 is 0 Å². The molecule has 0 bridgehead atoms. The Morgan fingerprint density at radius 2 is 2.12 bits per heavy atom. The minimum atomic E-state index is -0.563. The highest BCUT2D eigenvalue weighted by atomic mass is 19.1. The Morgan fingerprint density at radius 3 is 2.79 bits per heavy atom. The van der Waals surface area contributed by atoms with Gasteiger partial charge in [-0.2, -0.15) is 4.98 Å². The van der Waals surface area contributed by atoms with E-state index in [0.29, 0.717) is 11.7 Å². The van der Waals surface area contributed by atoms with Gasteiger partial charge in [0.25, 0.3) is 0 Å². The van der Waals surface area contributed by atoms with Gasteiger partial charge in [0.2, 0.25) is 11.8 Å². The van der Waals surface area contributed by atoms with E-state index < -0.39 is 11.4 Å². The normalized spacial score (nSPS) is 16.1. The molecule has 1 aliphatic rings. The van der Waals surface area contributed by atoms with Gasteiger partial charge in [0.05, 0.1) is 13.0 Å². The third-order valence-electron chi connectivity index (χ3n) is 4.21. The summed E-state index contributed by atoms with van der Waals surface area (Å²) in [6, 6.07) is 6.13. The van der Waals surface area contributed by atoms with Crippen molar-refractivity contribution < 1.29 is 18.4 Å². The van der Waals surface area contributed by atoms with Gasteiger partial charge in [0, 0.05) is 6.92 Å². The van der Waals surface area contributed by atoms with Crippen LogP contribution in [0.25, 0.3) is 0 Å². The van der Waals surface area contributed by atoms with Crippen molar-refractivity contribution in [3.8, 4) is 5.75 Å². The number of nitrogens with one attached hydrogen (secondary N) is 1. The van der Waals surface area contributed by atoms with Crippen LogP contribution in [0.2, 0.25) is 0 Å². The fraction of sp³-hybridized carbons (Fsp3) is 0.471. The van der Waals surface area contributed by atoms with Crippen molar-refractivity contribution >= 4 is 5.91 Å². The maximum atomic E-state index is 13.5. The van der Waals surface area contributed by atoms with Gasteiger partial charge in [0.15, 0.2) is 17.4 Å². The first kappa shape index (κ1) is 16.4. The largest absolute Gasteiger partial charge is 0.490 e. The molecule has 7 heteroatoms. The van der Waals surface area contributed by atoms with E-state index in [1.807, 2.05) is 0 Å². The van der Waals surface area contributed by atoms with Gasteiger partial charge in [-0.15, -0.1) is 0 Å². The Hall–Kier alpha value is -2.44. The highest BCUT2D eigenvalue weighted by Gasteiger charge is 2.41. The van der Waals surface area contributed by atoms with Crippen molar-refractivity contribution in [2.75, 3.05) is 6.61 Å². The molecular weight excluding hydrogens is 313 g/mol. The Kier molecular flexibility index (Phi) is 4.78.